The molecule has 0 aliphatic rings. The molecule has 0 bridgehead atoms. The average Bonchev–Trinajstić information content (AvgIpc) is 2.62. The van der Waals surface area contributed by atoms with Crippen molar-refractivity contribution in [1.29, 1.82) is 0 Å². The zero-order chi connectivity index (χ0) is 12.0. The van der Waals surface area contributed by atoms with Gasteiger partial charge in [0.1, 0.15) is 0 Å². The second-order valence-corrected chi connectivity index (χ2v) is 5.00. The number of hydrogen-bond donors (Lipinski definition) is 0. The number of nitrogens with zero attached hydrogens (tertiary/aromatic N) is 1. The summed E-state index contributed by atoms with van der Waals surface area (Å²) in [4.78, 5) is 0. The Morgan fingerprint density at radius 1 is 0.882 bits per heavy atom. The summed E-state index contributed by atoms with van der Waals surface area (Å²) < 4.78 is 2.43. The molecule has 1 heteroatoms. The molecular weight excluding hydrogens is 206 g/mol. The second-order valence-electron chi connectivity index (χ2n) is 5.00. The topological polar surface area (TPSA) is 4.93 Å². The van der Waals surface area contributed by atoms with E-state index in [0.29, 0.717) is 6.04 Å². The monoisotopic (exact) mass is 223 g/mol. The number of rotatable bonds is 1. The smallest absolute Gasteiger partial charge is 0.0496 e. The maximum Gasteiger partial charge on any atom is 0.0496 e. The average molecular weight is 223 g/mol. The third-order valence-electron chi connectivity index (χ3n) is 3.38. The Hall–Kier alpha value is -1.76. The minimum Gasteiger partial charge on any atom is -0.338 e. The van der Waals surface area contributed by atoms with Gasteiger partial charge >= 0.3 is 0 Å². The summed E-state index contributed by atoms with van der Waals surface area (Å²) in [5.41, 5.74) is 4.01. The van der Waals surface area contributed by atoms with Crippen molar-refractivity contribution in [1.82, 2.24) is 4.57 Å². The molecule has 86 valence electrons. The largest absolute Gasteiger partial charge is 0.338 e. The lowest BCUT2D eigenvalue weighted by Crippen LogP contribution is -1.99. The first-order valence-corrected chi connectivity index (χ1v) is 6.18. The number of hydrogen-bond acceptors (Lipinski definition) is 0. The minimum absolute atomic E-state index is 0.485. The minimum atomic E-state index is 0.485. The molecule has 1 aromatic heterocycles. The van der Waals surface area contributed by atoms with Crippen molar-refractivity contribution < 1.29 is 0 Å². The van der Waals surface area contributed by atoms with Gasteiger partial charge in [-0.2, -0.15) is 0 Å². The Bertz CT molecular complexity index is 689. The summed E-state index contributed by atoms with van der Waals surface area (Å²) in [7, 11) is 0. The van der Waals surface area contributed by atoms with E-state index in [4.69, 9.17) is 0 Å². The third-order valence-corrected chi connectivity index (χ3v) is 3.38. The van der Waals surface area contributed by atoms with Crippen LogP contribution in [0.3, 0.4) is 0 Å². The first-order chi connectivity index (χ1) is 8.18. The lowest BCUT2D eigenvalue weighted by atomic mass is 10.1. The molecule has 3 aromatic rings. The quantitative estimate of drug-likeness (QED) is 0.564. The van der Waals surface area contributed by atoms with Gasteiger partial charge in [0.25, 0.3) is 0 Å². The molecule has 1 heterocycles. The molecule has 17 heavy (non-hydrogen) atoms. The van der Waals surface area contributed by atoms with E-state index in [0.717, 1.165) is 0 Å². The lowest BCUT2D eigenvalue weighted by Gasteiger charge is -2.11. The summed E-state index contributed by atoms with van der Waals surface area (Å²) in [5, 5.41) is 2.72. The maximum absolute atomic E-state index is 2.43. The fourth-order valence-electron chi connectivity index (χ4n) is 2.67. The SMILES string of the molecule is Cc1ccc2c3ccccc3n(C(C)C)c2c1. The predicted octanol–water partition coefficient (Wildman–Crippen LogP) is 4.68. The fraction of sp³-hybridized carbons (Fsp3) is 0.250. The highest BCUT2D eigenvalue weighted by molar-refractivity contribution is 6.08. The van der Waals surface area contributed by atoms with E-state index in [1.165, 1.54) is 27.4 Å². The Balaban J connectivity index is 2.57. The summed E-state index contributed by atoms with van der Waals surface area (Å²) in [6, 6.07) is 15.9. The van der Waals surface area contributed by atoms with Crippen LogP contribution in [-0.4, -0.2) is 4.57 Å². The van der Waals surface area contributed by atoms with Crippen LogP contribution < -0.4 is 0 Å². The summed E-state index contributed by atoms with van der Waals surface area (Å²) in [5.74, 6) is 0. The molecule has 0 spiro atoms. The maximum atomic E-state index is 2.43. The molecule has 0 unspecified atom stereocenters. The fourth-order valence-corrected chi connectivity index (χ4v) is 2.67. The van der Waals surface area contributed by atoms with Crippen molar-refractivity contribution in [3.8, 4) is 0 Å². The highest BCUT2D eigenvalue weighted by Crippen LogP contribution is 2.31. The van der Waals surface area contributed by atoms with Gasteiger partial charge in [-0.15, -0.1) is 0 Å². The van der Waals surface area contributed by atoms with Crippen LogP contribution in [0.5, 0.6) is 0 Å². The molecule has 0 aliphatic carbocycles. The highest BCUT2D eigenvalue weighted by atomic mass is 15.0. The van der Waals surface area contributed by atoms with Crippen LogP contribution in [0.15, 0.2) is 42.5 Å². The van der Waals surface area contributed by atoms with Gasteiger partial charge in [0.05, 0.1) is 0 Å². The first-order valence-electron chi connectivity index (χ1n) is 6.18. The van der Waals surface area contributed by atoms with Crippen LogP contribution in [0.2, 0.25) is 0 Å². The van der Waals surface area contributed by atoms with Crippen molar-refractivity contribution in [3.63, 3.8) is 0 Å². The zero-order valence-corrected chi connectivity index (χ0v) is 10.6. The van der Waals surface area contributed by atoms with E-state index >= 15 is 0 Å². The molecule has 1 nitrogen and oxygen atoms in total. The number of aromatic nitrogens is 1. The van der Waals surface area contributed by atoms with Crippen LogP contribution in [-0.2, 0) is 0 Å². The van der Waals surface area contributed by atoms with Gasteiger partial charge in [-0.1, -0.05) is 30.3 Å². The normalized spacial score (nSPS) is 11.8. The number of fused-ring (bicyclic) bond motifs is 3. The summed E-state index contributed by atoms with van der Waals surface area (Å²) in [6.45, 7) is 6.64. The molecule has 0 atom stereocenters. The Morgan fingerprint density at radius 3 is 2.35 bits per heavy atom. The molecule has 0 radical (unpaired) electrons. The summed E-state index contributed by atoms with van der Waals surface area (Å²) in [6.07, 6.45) is 0. The van der Waals surface area contributed by atoms with E-state index in [-0.39, 0.29) is 0 Å². The first kappa shape index (κ1) is 10.4. The predicted molar refractivity (Wildman–Crippen MR) is 74.6 cm³/mol. The van der Waals surface area contributed by atoms with Crippen LogP contribution in [0.4, 0.5) is 0 Å². The van der Waals surface area contributed by atoms with Crippen molar-refractivity contribution in [2.45, 2.75) is 26.8 Å². The van der Waals surface area contributed by atoms with E-state index in [2.05, 4.69) is 67.8 Å². The molecule has 0 saturated carbocycles. The standard InChI is InChI=1S/C16H17N/c1-11(2)17-15-7-5-4-6-13(15)14-9-8-12(3)10-16(14)17/h4-11H,1-3H3. The molecule has 0 aliphatic heterocycles. The van der Waals surface area contributed by atoms with Crippen LogP contribution >= 0.6 is 0 Å². The van der Waals surface area contributed by atoms with Crippen molar-refractivity contribution in [2.75, 3.05) is 0 Å². The van der Waals surface area contributed by atoms with E-state index in [9.17, 15) is 0 Å². The molecule has 0 fully saturated rings. The third kappa shape index (κ3) is 1.46. The zero-order valence-electron chi connectivity index (χ0n) is 10.6. The molecule has 3 rings (SSSR count). The van der Waals surface area contributed by atoms with Gasteiger partial charge in [-0.3, -0.25) is 0 Å². The van der Waals surface area contributed by atoms with Crippen molar-refractivity contribution >= 4 is 21.8 Å². The van der Waals surface area contributed by atoms with Gasteiger partial charge in [0.2, 0.25) is 0 Å². The molecule has 0 N–H and O–H groups in total. The number of para-hydroxylation sites is 1. The van der Waals surface area contributed by atoms with Crippen molar-refractivity contribution in [2.24, 2.45) is 0 Å². The summed E-state index contributed by atoms with van der Waals surface area (Å²) >= 11 is 0. The van der Waals surface area contributed by atoms with Gasteiger partial charge < -0.3 is 4.57 Å². The van der Waals surface area contributed by atoms with Crippen LogP contribution in [0.1, 0.15) is 25.5 Å². The van der Waals surface area contributed by atoms with Crippen LogP contribution in [0, 0.1) is 6.92 Å². The Kier molecular flexibility index (Phi) is 2.22. The number of benzene rings is 2. The van der Waals surface area contributed by atoms with Gasteiger partial charge in [0, 0.05) is 27.8 Å². The lowest BCUT2D eigenvalue weighted by molar-refractivity contribution is 0.642. The number of aryl methyl sites for hydroxylation is 1. The Labute approximate surface area is 102 Å². The van der Waals surface area contributed by atoms with E-state index < -0.39 is 0 Å². The second kappa shape index (κ2) is 3.63. The molecule has 0 amide bonds. The highest BCUT2D eigenvalue weighted by Gasteiger charge is 2.11. The van der Waals surface area contributed by atoms with Gasteiger partial charge in [-0.25, -0.2) is 0 Å². The Morgan fingerprint density at radius 2 is 1.59 bits per heavy atom. The van der Waals surface area contributed by atoms with Crippen LogP contribution in [0.25, 0.3) is 21.8 Å². The van der Waals surface area contributed by atoms with Crippen molar-refractivity contribution in [3.05, 3.63) is 48.0 Å². The van der Waals surface area contributed by atoms with E-state index in [1.807, 2.05) is 0 Å². The van der Waals surface area contributed by atoms with Gasteiger partial charge in [-0.05, 0) is 38.5 Å². The molecule has 2 aromatic carbocycles. The van der Waals surface area contributed by atoms with E-state index in [1.54, 1.807) is 0 Å². The molecule has 0 saturated heterocycles. The van der Waals surface area contributed by atoms with Gasteiger partial charge in [0.15, 0.2) is 0 Å². The molecular formula is C16H17N.